The highest BCUT2D eigenvalue weighted by atomic mass is 35.5. The number of rotatable bonds is 9. The first-order chi connectivity index (χ1) is 17.7. The first-order valence-electron chi connectivity index (χ1n) is 11.8. The van der Waals surface area contributed by atoms with Gasteiger partial charge in [-0.05, 0) is 48.2 Å². The number of benzene rings is 2. The quantitative estimate of drug-likeness (QED) is 0.371. The van der Waals surface area contributed by atoms with Crippen molar-refractivity contribution in [2.75, 3.05) is 58.1 Å². The van der Waals surface area contributed by atoms with E-state index in [0.717, 1.165) is 30.2 Å². The molecule has 12 heteroatoms. The van der Waals surface area contributed by atoms with Gasteiger partial charge in [-0.15, -0.1) is 0 Å². The Labute approximate surface area is 222 Å². The molecule has 0 atom stereocenters. The molecule has 0 fully saturated rings. The van der Waals surface area contributed by atoms with Gasteiger partial charge in [0.25, 0.3) is 0 Å². The minimum Gasteiger partial charge on any atom is -0.495 e. The van der Waals surface area contributed by atoms with Crippen molar-refractivity contribution in [1.82, 2.24) is 19.2 Å². The van der Waals surface area contributed by atoms with E-state index in [4.69, 9.17) is 16.3 Å². The number of anilines is 4. The second kappa shape index (κ2) is 11.6. The Morgan fingerprint density at radius 3 is 2.49 bits per heavy atom. The number of nitrogens with one attached hydrogen (secondary N) is 2. The number of sulfonamides is 1. The van der Waals surface area contributed by atoms with Gasteiger partial charge < -0.3 is 25.4 Å². The van der Waals surface area contributed by atoms with Crippen LogP contribution in [0.25, 0.3) is 0 Å². The predicted molar refractivity (Wildman–Crippen MR) is 145 cm³/mol. The van der Waals surface area contributed by atoms with Crippen LogP contribution in [0.4, 0.5) is 23.1 Å². The Morgan fingerprint density at radius 1 is 1.11 bits per heavy atom. The molecule has 0 aliphatic carbocycles. The highest BCUT2D eigenvalue weighted by Crippen LogP contribution is 2.34. The van der Waals surface area contributed by atoms with Crippen molar-refractivity contribution in [3.05, 3.63) is 58.7 Å². The molecule has 37 heavy (non-hydrogen) atoms. The summed E-state index contributed by atoms with van der Waals surface area (Å²) in [7, 11) is 0.870. The number of hydrogen-bond acceptors (Lipinski definition) is 9. The van der Waals surface area contributed by atoms with Gasteiger partial charge in [0, 0.05) is 33.7 Å². The second-order valence-electron chi connectivity index (χ2n) is 8.81. The molecule has 1 aliphatic heterocycles. The largest absolute Gasteiger partial charge is 0.495 e. The van der Waals surface area contributed by atoms with Gasteiger partial charge in [-0.1, -0.05) is 23.7 Å². The Kier molecular flexibility index (Phi) is 8.50. The number of para-hydroxylation sites is 1. The average Bonchev–Trinajstić information content (AvgIpc) is 3.07. The third-order valence-corrected chi connectivity index (χ3v) is 8.37. The summed E-state index contributed by atoms with van der Waals surface area (Å²) in [6.45, 7) is 2.54. The van der Waals surface area contributed by atoms with E-state index in [9.17, 15) is 13.5 Å². The molecule has 1 aliphatic rings. The van der Waals surface area contributed by atoms with Gasteiger partial charge in [0.15, 0.2) is 5.82 Å². The standard InChI is InChI=1S/C25H31ClN6O4S/c1-31(2)37(34,35)23-7-5-4-6-20(23)28-24-19(26)16-27-25(30-24)29-21-14-17-8-10-32(12-13-33)11-9-18(17)15-22(21)36-3/h4-7,14-16,33H,8-13H2,1-3H3,(H2,27,28,29,30). The Morgan fingerprint density at radius 2 is 1.81 bits per heavy atom. The zero-order valence-corrected chi connectivity index (χ0v) is 22.6. The molecule has 4 rings (SSSR count). The van der Waals surface area contributed by atoms with Crippen LogP contribution in [0.3, 0.4) is 0 Å². The van der Waals surface area contributed by atoms with Crippen LogP contribution in [0.5, 0.6) is 5.75 Å². The van der Waals surface area contributed by atoms with Crippen molar-refractivity contribution in [2.24, 2.45) is 0 Å². The van der Waals surface area contributed by atoms with Gasteiger partial charge in [-0.3, -0.25) is 0 Å². The maximum absolute atomic E-state index is 12.8. The monoisotopic (exact) mass is 546 g/mol. The molecule has 0 saturated heterocycles. The second-order valence-corrected chi connectivity index (χ2v) is 11.3. The first kappa shape index (κ1) is 27.1. The van der Waals surface area contributed by atoms with Crippen molar-refractivity contribution >= 4 is 44.8 Å². The van der Waals surface area contributed by atoms with Crippen LogP contribution in [0.2, 0.25) is 5.02 Å². The summed E-state index contributed by atoms with van der Waals surface area (Å²) in [4.78, 5) is 11.2. The van der Waals surface area contributed by atoms with Crippen molar-refractivity contribution in [3.63, 3.8) is 0 Å². The van der Waals surface area contributed by atoms with Crippen molar-refractivity contribution in [1.29, 1.82) is 0 Å². The van der Waals surface area contributed by atoms with Crippen molar-refractivity contribution in [3.8, 4) is 5.75 Å². The van der Waals surface area contributed by atoms with Gasteiger partial charge in [0.05, 0.1) is 31.3 Å². The number of nitrogens with zero attached hydrogens (tertiary/aromatic N) is 4. The summed E-state index contributed by atoms with van der Waals surface area (Å²) in [6, 6.07) is 10.6. The lowest BCUT2D eigenvalue weighted by Crippen LogP contribution is -2.29. The van der Waals surface area contributed by atoms with E-state index in [2.05, 4.69) is 25.5 Å². The fourth-order valence-corrected chi connectivity index (χ4v) is 5.37. The van der Waals surface area contributed by atoms with E-state index in [0.29, 0.717) is 23.7 Å². The van der Waals surface area contributed by atoms with E-state index >= 15 is 0 Å². The van der Waals surface area contributed by atoms with Crippen LogP contribution in [-0.4, -0.2) is 80.1 Å². The molecule has 0 bridgehead atoms. The smallest absolute Gasteiger partial charge is 0.244 e. The predicted octanol–water partition coefficient (Wildman–Crippen LogP) is 3.27. The molecule has 2 heterocycles. The average molecular weight is 547 g/mol. The van der Waals surface area contributed by atoms with E-state index < -0.39 is 10.0 Å². The highest BCUT2D eigenvalue weighted by molar-refractivity contribution is 7.89. The minimum atomic E-state index is -3.69. The summed E-state index contributed by atoms with van der Waals surface area (Å²) in [5.41, 5.74) is 3.46. The first-order valence-corrected chi connectivity index (χ1v) is 13.7. The third-order valence-electron chi connectivity index (χ3n) is 6.22. The number of halogens is 1. The topological polar surface area (TPSA) is 120 Å². The summed E-state index contributed by atoms with van der Waals surface area (Å²) in [6.07, 6.45) is 3.16. The van der Waals surface area contributed by atoms with Gasteiger partial charge in [0.2, 0.25) is 16.0 Å². The summed E-state index contributed by atoms with van der Waals surface area (Å²) >= 11 is 6.37. The maximum Gasteiger partial charge on any atom is 0.244 e. The maximum atomic E-state index is 12.8. The molecular formula is C25H31ClN6O4S. The van der Waals surface area contributed by atoms with E-state index in [1.165, 1.54) is 37.5 Å². The molecule has 2 aromatic carbocycles. The molecule has 10 nitrogen and oxygen atoms in total. The van der Waals surface area contributed by atoms with Gasteiger partial charge in [0.1, 0.15) is 15.7 Å². The number of fused-ring (bicyclic) bond motifs is 1. The number of β-amino-alcohol motifs (C(OH)–C–C–N with tert-alkyl or cyclic N) is 1. The van der Waals surface area contributed by atoms with E-state index in [1.807, 2.05) is 12.1 Å². The lowest BCUT2D eigenvalue weighted by Gasteiger charge is -2.17. The molecule has 0 saturated carbocycles. The zero-order chi connectivity index (χ0) is 26.6. The Bertz CT molecular complexity index is 1370. The summed E-state index contributed by atoms with van der Waals surface area (Å²) in [5, 5.41) is 15.8. The Hall–Kier alpha value is -2.96. The van der Waals surface area contributed by atoms with Gasteiger partial charge in [-0.25, -0.2) is 17.7 Å². The van der Waals surface area contributed by atoms with Crippen molar-refractivity contribution in [2.45, 2.75) is 17.7 Å². The van der Waals surface area contributed by atoms with E-state index in [1.54, 1.807) is 25.3 Å². The van der Waals surface area contributed by atoms with Crippen LogP contribution in [-0.2, 0) is 22.9 Å². The molecule has 3 aromatic rings. The van der Waals surface area contributed by atoms with Crippen LogP contribution in [0, 0.1) is 0 Å². The number of aliphatic hydroxyl groups is 1. The molecule has 3 N–H and O–H groups in total. The normalized spacial score (nSPS) is 14.2. The molecule has 0 amide bonds. The highest BCUT2D eigenvalue weighted by Gasteiger charge is 2.22. The molecule has 0 unspecified atom stereocenters. The number of aromatic nitrogens is 2. The minimum absolute atomic E-state index is 0.104. The molecule has 198 valence electrons. The number of hydrogen-bond donors (Lipinski definition) is 3. The third kappa shape index (κ3) is 6.13. The summed E-state index contributed by atoms with van der Waals surface area (Å²) in [5.74, 6) is 1.19. The van der Waals surface area contributed by atoms with E-state index in [-0.39, 0.29) is 28.3 Å². The van der Waals surface area contributed by atoms with Crippen LogP contribution >= 0.6 is 11.6 Å². The number of aliphatic hydroxyl groups excluding tert-OH is 1. The van der Waals surface area contributed by atoms with Crippen LogP contribution < -0.4 is 15.4 Å². The molecule has 0 radical (unpaired) electrons. The fourth-order valence-electron chi connectivity index (χ4n) is 4.19. The van der Waals surface area contributed by atoms with Crippen molar-refractivity contribution < 1.29 is 18.3 Å². The fraction of sp³-hybridized carbons (Fsp3) is 0.360. The lowest BCUT2D eigenvalue weighted by molar-refractivity contribution is 0.201. The molecule has 1 aromatic heterocycles. The molecular weight excluding hydrogens is 516 g/mol. The number of methoxy groups -OCH3 is 1. The summed E-state index contributed by atoms with van der Waals surface area (Å²) < 4.78 is 32.4. The molecule has 0 spiro atoms. The number of ether oxygens (including phenoxy) is 1. The van der Waals surface area contributed by atoms with Gasteiger partial charge in [-0.2, -0.15) is 4.98 Å². The zero-order valence-electron chi connectivity index (χ0n) is 21.0. The van der Waals surface area contributed by atoms with Crippen LogP contribution in [0.15, 0.2) is 47.5 Å². The van der Waals surface area contributed by atoms with Crippen LogP contribution in [0.1, 0.15) is 11.1 Å². The van der Waals surface area contributed by atoms with Gasteiger partial charge >= 0.3 is 0 Å². The Balaban J connectivity index is 1.62. The lowest BCUT2D eigenvalue weighted by atomic mass is 10.0. The SMILES string of the molecule is COc1cc2c(cc1Nc1ncc(Cl)c(Nc3ccccc3S(=O)(=O)N(C)C)n1)CCN(CCO)CC2.